The fourth-order valence-corrected chi connectivity index (χ4v) is 3.69. The fourth-order valence-electron chi connectivity index (χ4n) is 3.69. The molecule has 1 aliphatic rings. The summed E-state index contributed by atoms with van der Waals surface area (Å²) in [5.41, 5.74) is 5.30. The lowest BCUT2D eigenvalue weighted by molar-refractivity contribution is 0.422. The lowest BCUT2D eigenvalue weighted by Crippen LogP contribution is -2.23. The van der Waals surface area contributed by atoms with Gasteiger partial charge in [-0.3, -0.25) is 14.6 Å². The number of hydrogen-bond donors (Lipinski definition) is 2. The van der Waals surface area contributed by atoms with E-state index >= 15 is 0 Å². The van der Waals surface area contributed by atoms with Crippen LogP contribution in [0.2, 0.25) is 0 Å². The Morgan fingerprint density at radius 1 is 1.04 bits per heavy atom. The number of rotatable bonds is 2. The number of hydrogen-bond acceptors (Lipinski definition) is 2. The SMILES string of the molecule is N=C1c2c(cc(=O)n3c2[nH]c2ccccc23)CN1Cc1ccccc1. The molecular formula is C20H16N4O. The third-order valence-corrected chi connectivity index (χ3v) is 4.83. The number of nitrogens with one attached hydrogen (secondary N) is 2. The lowest BCUT2D eigenvalue weighted by Gasteiger charge is -2.17. The molecular weight excluding hydrogens is 312 g/mol. The van der Waals surface area contributed by atoms with Crippen LogP contribution in [0.1, 0.15) is 16.7 Å². The second kappa shape index (κ2) is 5.08. The summed E-state index contributed by atoms with van der Waals surface area (Å²) >= 11 is 0. The largest absolute Gasteiger partial charge is 0.348 e. The van der Waals surface area contributed by atoms with Gasteiger partial charge >= 0.3 is 0 Å². The van der Waals surface area contributed by atoms with Gasteiger partial charge in [-0.2, -0.15) is 0 Å². The van der Waals surface area contributed by atoms with Crippen LogP contribution in [0.15, 0.2) is 65.5 Å². The quantitative estimate of drug-likeness (QED) is 0.594. The predicted octanol–water partition coefficient (Wildman–Crippen LogP) is 3.12. The molecule has 5 rings (SSSR count). The summed E-state index contributed by atoms with van der Waals surface area (Å²) in [5, 5.41) is 8.65. The maximum atomic E-state index is 12.6. The van der Waals surface area contributed by atoms with Gasteiger partial charge in [0.15, 0.2) is 0 Å². The summed E-state index contributed by atoms with van der Waals surface area (Å²) in [7, 11) is 0. The minimum absolute atomic E-state index is 0.0550. The number of H-pyrrole nitrogens is 1. The molecule has 5 heteroatoms. The summed E-state index contributed by atoms with van der Waals surface area (Å²) in [6, 6.07) is 19.5. The number of amidine groups is 1. The smallest absolute Gasteiger partial charge is 0.257 e. The van der Waals surface area contributed by atoms with Gasteiger partial charge < -0.3 is 9.88 Å². The molecule has 0 unspecified atom stereocenters. The zero-order valence-electron chi connectivity index (χ0n) is 13.5. The highest BCUT2D eigenvalue weighted by Crippen LogP contribution is 2.28. The molecule has 3 heterocycles. The summed E-state index contributed by atoms with van der Waals surface area (Å²) in [6.45, 7) is 1.25. The molecule has 0 radical (unpaired) electrons. The number of benzene rings is 2. The van der Waals surface area contributed by atoms with Gasteiger partial charge in [-0.05, 0) is 23.3 Å². The molecule has 5 nitrogen and oxygen atoms in total. The second-order valence-electron chi connectivity index (χ2n) is 6.40. The first-order chi connectivity index (χ1) is 12.2. The fraction of sp³-hybridized carbons (Fsp3) is 0.100. The molecule has 0 atom stereocenters. The first kappa shape index (κ1) is 14.0. The molecule has 0 aliphatic carbocycles. The van der Waals surface area contributed by atoms with E-state index in [0.717, 1.165) is 27.7 Å². The Kier molecular flexibility index (Phi) is 2.85. The highest BCUT2D eigenvalue weighted by molar-refractivity contribution is 6.06. The number of aromatic nitrogens is 2. The van der Waals surface area contributed by atoms with Crippen molar-refractivity contribution in [3.8, 4) is 0 Å². The van der Waals surface area contributed by atoms with E-state index in [4.69, 9.17) is 5.41 Å². The Labute approximate surface area is 143 Å². The first-order valence-electron chi connectivity index (χ1n) is 8.25. The van der Waals surface area contributed by atoms with E-state index in [1.54, 1.807) is 10.5 Å². The van der Waals surface area contributed by atoms with Gasteiger partial charge in [0.1, 0.15) is 11.5 Å². The van der Waals surface area contributed by atoms with Crippen molar-refractivity contribution >= 4 is 22.5 Å². The molecule has 0 fully saturated rings. The van der Waals surface area contributed by atoms with Crippen LogP contribution in [0.25, 0.3) is 16.7 Å². The Balaban J connectivity index is 1.67. The molecule has 2 aromatic heterocycles. The number of nitrogens with zero attached hydrogens (tertiary/aromatic N) is 2. The minimum atomic E-state index is -0.0550. The first-order valence-corrected chi connectivity index (χ1v) is 8.25. The van der Waals surface area contributed by atoms with Crippen LogP contribution >= 0.6 is 0 Å². The van der Waals surface area contributed by atoms with Crippen LogP contribution in [0.5, 0.6) is 0 Å². The van der Waals surface area contributed by atoms with Crippen LogP contribution in [-0.4, -0.2) is 20.1 Å². The van der Waals surface area contributed by atoms with E-state index in [1.807, 2.05) is 47.4 Å². The van der Waals surface area contributed by atoms with Crippen LogP contribution in [0.4, 0.5) is 0 Å². The molecule has 0 spiro atoms. The molecule has 4 aromatic rings. The van der Waals surface area contributed by atoms with E-state index in [1.165, 1.54) is 0 Å². The maximum Gasteiger partial charge on any atom is 0.257 e. The summed E-state index contributed by atoms with van der Waals surface area (Å²) in [6.07, 6.45) is 0. The summed E-state index contributed by atoms with van der Waals surface area (Å²) in [4.78, 5) is 18.0. The van der Waals surface area contributed by atoms with Crippen LogP contribution in [-0.2, 0) is 13.1 Å². The number of aromatic amines is 1. The molecule has 2 N–H and O–H groups in total. The third-order valence-electron chi connectivity index (χ3n) is 4.83. The zero-order chi connectivity index (χ0) is 17.0. The Hall–Kier alpha value is -3.34. The number of para-hydroxylation sites is 2. The second-order valence-corrected chi connectivity index (χ2v) is 6.40. The van der Waals surface area contributed by atoms with Crippen molar-refractivity contribution in [2.45, 2.75) is 13.1 Å². The molecule has 1 aliphatic heterocycles. The molecule has 0 bridgehead atoms. The molecule has 0 saturated heterocycles. The number of imidazole rings is 1. The molecule has 0 saturated carbocycles. The molecule has 122 valence electrons. The standard InChI is InChI=1S/C20H16N4O/c21-19-18-14(12-23(19)11-13-6-2-1-3-7-13)10-17(25)24-16-9-5-4-8-15(16)22-20(18)24/h1-10,21-22H,11-12H2. The van der Waals surface area contributed by atoms with E-state index < -0.39 is 0 Å². The number of pyridine rings is 1. The van der Waals surface area contributed by atoms with Crippen molar-refractivity contribution in [3.63, 3.8) is 0 Å². The molecule has 2 aromatic carbocycles. The van der Waals surface area contributed by atoms with Gasteiger partial charge in [-0.1, -0.05) is 42.5 Å². The van der Waals surface area contributed by atoms with Crippen molar-refractivity contribution in [2.75, 3.05) is 0 Å². The van der Waals surface area contributed by atoms with Crippen molar-refractivity contribution < 1.29 is 0 Å². The Morgan fingerprint density at radius 2 is 1.80 bits per heavy atom. The van der Waals surface area contributed by atoms with Crippen LogP contribution in [0, 0.1) is 5.41 Å². The van der Waals surface area contributed by atoms with Gasteiger partial charge in [0.2, 0.25) is 0 Å². The van der Waals surface area contributed by atoms with Gasteiger partial charge in [0, 0.05) is 19.2 Å². The Bertz CT molecular complexity index is 1190. The minimum Gasteiger partial charge on any atom is -0.348 e. The Morgan fingerprint density at radius 3 is 2.64 bits per heavy atom. The van der Waals surface area contributed by atoms with E-state index in [9.17, 15) is 4.79 Å². The molecule has 0 amide bonds. The normalized spacial score (nSPS) is 13.8. The maximum absolute atomic E-state index is 12.6. The third kappa shape index (κ3) is 2.02. The van der Waals surface area contributed by atoms with Gasteiger partial charge in [0.05, 0.1) is 16.6 Å². The average Bonchev–Trinajstić information content (AvgIpc) is 3.14. The summed E-state index contributed by atoms with van der Waals surface area (Å²) < 4.78 is 1.68. The van der Waals surface area contributed by atoms with Crippen molar-refractivity contribution in [2.24, 2.45) is 0 Å². The monoisotopic (exact) mass is 328 g/mol. The zero-order valence-corrected chi connectivity index (χ0v) is 13.5. The van der Waals surface area contributed by atoms with Crippen molar-refractivity contribution in [1.82, 2.24) is 14.3 Å². The van der Waals surface area contributed by atoms with Crippen LogP contribution < -0.4 is 5.56 Å². The van der Waals surface area contributed by atoms with Gasteiger partial charge in [0.25, 0.3) is 5.56 Å². The number of fused-ring (bicyclic) bond motifs is 5. The van der Waals surface area contributed by atoms with Gasteiger partial charge in [-0.15, -0.1) is 0 Å². The highest BCUT2D eigenvalue weighted by atomic mass is 16.1. The van der Waals surface area contributed by atoms with Crippen molar-refractivity contribution in [3.05, 3.63) is 87.7 Å². The average molecular weight is 328 g/mol. The van der Waals surface area contributed by atoms with E-state index in [2.05, 4.69) is 17.1 Å². The van der Waals surface area contributed by atoms with E-state index in [-0.39, 0.29) is 5.56 Å². The summed E-state index contributed by atoms with van der Waals surface area (Å²) in [5.74, 6) is 0.461. The van der Waals surface area contributed by atoms with E-state index in [0.29, 0.717) is 24.6 Å². The predicted molar refractivity (Wildman–Crippen MR) is 98.0 cm³/mol. The lowest BCUT2D eigenvalue weighted by atomic mass is 10.1. The van der Waals surface area contributed by atoms with Crippen molar-refractivity contribution in [1.29, 1.82) is 5.41 Å². The topological polar surface area (TPSA) is 64.4 Å². The molecule has 25 heavy (non-hydrogen) atoms. The van der Waals surface area contributed by atoms with Gasteiger partial charge in [-0.25, -0.2) is 0 Å². The highest BCUT2D eigenvalue weighted by Gasteiger charge is 2.28. The van der Waals surface area contributed by atoms with Crippen LogP contribution in [0.3, 0.4) is 0 Å².